The monoisotopic (exact) mass is 452 g/mol. The van der Waals surface area contributed by atoms with Gasteiger partial charge in [-0.1, -0.05) is 37.0 Å². The summed E-state index contributed by atoms with van der Waals surface area (Å²) in [5.41, 5.74) is -0.346. The van der Waals surface area contributed by atoms with E-state index < -0.39 is 23.4 Å². The van der Waals surface area contributed by atoms with Crippen LogP contribution >= 0.6 is 23.2 Å². The second-order valence-electron chi connectivity index (χ2n) is 6.92. The summed E-state index contributed by atoms with van der Waals surface area (Å²) < 4.78 is 19.6. The Morgan fingerprint density at radius 3 is 1.97 bits per heavy atom. The first-order valence-corrected chi connectivity index (χ1v) is 10.1. The fourth-order valence-electron chi connectivity index (χ4n) is 2.43. The lowest BCUT2D eigenvalue weighted by Gasteiger charge is -2.35. The van der Waals surface area contributed by atoms with Gasteiger partial charge in [-0.3, -0.25) is 4.79 Å². The molecule has 29 heavy (non-hydrogen) atoms. The standard InChI is InChI=1S/C17H21Cl2FN2O3.C2H6.CH4O/c1-10-12(18)9-11(14(20)13(10)19)15(23)21-5-7-22(8-6-21)16(24)25-17(2,3)4;2*1-2/h9H,5-8H2,1-4H3;1-2H3;2H,1H3. The van der Waals surface area contributed by atoms with E-state index in [0.717, 1.165) is 7.11 Å². The summed E-state index contributed by atoms with van der Waals surface area (Å²) in [7, 11) is 1.00. The van der Waals surface area contributed by atoms with Gasteiger partial charge < -0.3 is 19.6 Å². The molecule has 1 fully saturated rings. The highest BCUT2D eigenvalue weighted by atomic mass is 35.5. The van der Waals surface area contributed by atoms with Crippen LogP contribution in [0.4, 0.5) is 9.18 Å². The van der Waals surface area contributed by atoms with Gasteiger partial charge in [-0.2, -0.15) is 0 Å². The van der Waals surface area contributed by atoms with Gasteiger partial charge in [-0.05, 0) is 39.3 Å². The molecule has 0 bridgehead atoms. The number of carbonyl (C=O) groups excluding carboxylic acids is 2. The van der Waals surface area contributed by atoms with Crippen molar-refractivity contribution in [3.8, 4) is 0 Å². The minimum atomic E-state index is -0.775. The Kier molecular flexibility index (Phi) is 11.5. The van der Waals surface area contributed by atoms with Crippen LogP contribution in [-0.4, -0.2) is 65.8 Å². The molecule has 0 saturated carbocycles. The van der Waals surface area contributed by atoms with Gasteiger partial charge in [0.1, 0.15) is 5.60 Å². The molecule has 1 aliphatic heterocycles. The third-order valence-corrected chi connectivity index (χ3v) is 4.68. The van der Waals surface area contributed by atoms with Crippen LogP contribution in [0.2, 0.25) is 10.0 Å². The van der Waals surface area contributed by atoms with Crippen LogP contribution in [0.1, 0.15) is 50.5 Å². The molecule has 0 radical (unpaired) electrons. The van der Waals surface area contributed by atoms with Crippen LogP contribution in [0.25, 0.3) is 0 Å². The summed E-state index contributed by atoms with van der Waals surface area (Å²) >= 11 is 11.9. The molecule has 0 spiro atoms. The van der Waals surface area contributed by atoms with E-state index in [-0.39, 0.29) is 28.7 Å². The Balaban J connectivity index is 0.00000184. The highest BCUT2D eigenvalue weighted by molar-refractivity contribution is 6.36. The first-order valence-electron chi connectivity index (χ1n) is 9.37. The molecule has 6 nitrogen and oxygen atoms in total. The predicted molar refractivity (Wildman–Crippen MR) is 114 cm³/mol. The number of amides is 2. The molecule has 166 valence electrons. The average Bonchev–Trinajstić information content (AvgIpc) is 2.70. The van der Waals surface area contributed by atoms with Crippen molar-refractivity contribution in [2.24, 2.45) is 0 Å². The van der Waals surface area contributed by atoms with Gasteiger partial charge in [0.15, 0.2) is 5.82 Å². The highest BCUT2D eigenvalue weighted by Crippen LogP contribution is 2.30. The predicted octanol–water partition coefficient (Wildman–Crippen LogP) is 4.77. The molecule has 0 unspecified atom stereocenters. The third kappa shape index (κ3) is 7.64. The van der Waals surface area contributed by atoms with E-state index in [1.54, 1.807) is 27.7 Å². The molecule has 1 saturated heterocycles. The second-order valence-corrected chi connectivity index (χ2v) is 7.70. The molecule has 2 amide bonds. The third-order valence-electron chi connectivity index (χ3n) is 3.84. The largest absolute Gasteiger partial charge is 0.444 e. The number of carbonyl (C=O) groups is 2. The van der Waals surface area contributed by atoms with Gasteiger partial charge >= 0.3 is 6.09 Å². The summed E-state index contributed by atoms with van der Waals surface area (Å²) in [5, 5.41) is 7.09. The Morgan fingerprint density at radius 2 is 1.52 bits per heavy atom. The number of halogens is 3. The smallest absolute Gasteiger partial charge is 0.410 e. The fourth-order valence-corrected chi connectivity index (χ4v) is 2.89. The molecule has 0 atom stereocenters. The Bertz CT molecular complexity index is 701. The summed E-state index contributed by atoms with van der Waals surface area (Å²) in [6, 6.07) is 1.29. The van der Waals surface area contributed by atoms with Gasteiger partial charge in [0.05, 0.1) is 10.6 Å². The van der Waals surface area contributed by atoms with E-state index in [0.29, 0.717) is 18.7 Å². The van der Waals surface area contributed by atoms with Crippen LogP contribution < -0.4 is 0 Å². The summed E-state index contributed by atoms with van der Waals surface area (Å²) in [6.45, 7) is 12.1. The summed E-state index contributed by atoms with van der Waals surface area (Å²) in [4.78, 5) is 27.6. The van der Waals surface area contributed by atoms with Crippen molar-refractivity contribution in [2.45, 2.75) is 47.1 Å². The summed E-state index contributed by atoms with van der Waals surface area (Å²) in [5.74, 6) is -1.27. The van der Waals surface area contributed by atoms with E-state index in [4.69, 9.17) is 33.0 Å². The average molecular weight is 453 g/mol. The molecule has 9 heteroatoms. The van der Waals surface area contributed by atoms with Crippen LogP contribution in [0.15, 0.2) is 6.07 Å². The Labute approximate surface area is 182 Å². The lowest BCUT2D eigenvalue weighted by Crippen LogP contribution is -2.51. The van der Waals surface area contributed by atoms with Crippen molar-refractivity contribution >= 4 is 35.2 Å². The van der Waals surface area contributed by atoms with E-state index in [1.165, 1.54) is 15.9 Å². The van der Waals surface area contributed by atoms with Crippen LogP contribution in [0.5, 0.6) is 0 Å². The molecule has 1 aliphatic rings. The molecule has 1 heterocycles. The highest BCUT2D eigenvalue weighted by Gasteiger charge is 2.30. The minimum absolute atomic E-state index is 0.150. The molecule has 0 aromatic heterocycles. The number of hydrogen-bond donors (Lipinski definition) is 1. The minimum Gasteiger partial charge on any atom is -0.444 e. The van der Waals surface area contributed by atoms with Gasteiger partial charge in [0.25, 0.3) is 5.91 Å². The molecule has 1 N–H and O–H groups in total. The molecular weight excluding hydrogens is 422 g/mol. The normalized spacial score (nSPS) is 13.6. The van der Waals surface area contributed by atoms with Gasteiger partial charge in [0, 0.05) is 38.3 Å². The number of aliphatic hydroxyl groups excluding tert-OH is 1. The zero-order chi connectivity index (χ0) is 22.9. The Morgan fingerprint density at radius 1 is 1.07 bits per heavy atom. The molecule has 1 aromatic rings. The van der Waals surface area contributed by atoms with E-state index in [2.05, 4.69) is 0 Å². The van der Waals surface area contributed by atoms with Crippen LogP contribution in [0, 0.1) is 12.7 Å². The number of rotatable bonds is 1. The quantitative estimate of drug-likeness (QED) is 0.622. The Hall–Kier alpha value is -1.57. The van der Waals surface area contributed by atoms with Crippen LogP contribution in [0.3, 0.4) is 0 Å². The maximum absolute atomic E-state index is 14.3. The number of nitrogens with zero attached hydrogens (tertiary/aromatic N) is 2. The molecule has 1 aromatic carbocycles. The maximum atomic E-state index is 14.3. The van der Waals surface area contributed by atoms with E-state index >= 15 is 0 Å². The maximum Gasteiger partial charge on any atom is 0.410 e. The fraction of sp³-hybridized carbons (Fsp3) is 0.600. The second kappa shape index (κ2) is 12.2. The van der Waals surface area contributed by atoms with Crippen molar-refractivity contribution in [3.63, 3.8) is 0 Å². The summed E-state index contributed by atoms with van der Waals surface area (Å²) in [6.07, 6.45) is -0.424. The number of benzene rings is 1. The van der Waals surface area contributed by atoms with Crippen LogP contribution in [-0.2, 0) is 4.74 Å². The van der Waals surface area contributed by atoms with Gasteiger partial charge in [-0.15, -0.1) is 0 Å². The van der Waals surface area contributed by atoms with E-state index in [9.17, 15) is 14.0 Å². The number of ether oxygens (including phenoxy) is 1. The van der Waals surface area contributed by atoms with Crippen molar-refractivity contribution in [1.82, 2.24) is 9.80 Å². The molecule has 2 rings (SSSR count). The van der Waals surface area contributed by atoms with Crippen molar-refractivity contribution in [1.29, 1.82) is 0 Å². The lowest BCUT2D eigenvalue weighted by atomic mass is 10.1. The first kappa shape index (κ1) is 27.4. The lowest BCUT2D eigenvalue weighted by molar-refractivity contribution is 0.0140. The van der Waals surface area contributed by atoms with Gasteiger partial charge in [-0.25, -0.2) is 9.18 Å². The number of hydrogen-bond acceptors (Lipinski definition) is 4. The van der Waals surface area contributed by atoms with Crippen molar-refractivity contribution < 1.29 is 23.8 Å². The van der Waals surface area contributed by atoms with Crippen molar-refractivity contribution in [2.75, 3.05) is 33.3 Å². The zero-order valence-corrected chi connectivity index (χ0v) is 19.6. The molecular formula is C20H31Cl2FN2O4. The van der Waals surface area contributed by atoms with Crippen molar-refractivity contribution in [3.05, 3.63) is 33.1 Å². The molecule has 0 aliphatic carbocycles. The number of piperazine rings is 1. The van der Waals surface area contributed by atoms with E-state index in [1.807, 2.05) is 13.8 Å². The van der Waals surface area contributed by atoms with Gasteiger partial charge in [0.2, 0.25) is 0 Å². The first-order chi connectivity index (χ1) is 13.5. The number of aliphatic hydroxyl groups is 1. The SMILES string of the molecule is CC.CO.Cc1c(Cl)cc(C(=O)N2CCN(C(=O)OC(C)(C)C)CC2)c(F)c1Cl. The topological polar surface area (TPSA) is 70.1 Å². The zero-order valence-electron chi connectivity index (χ0n) is 18.1.